The molecule has 0 spiro atoms. The Bertz CT molecular complexity index is 555. The minimum Gasteiger partial charge on any atom is -0.445 e. The molecule has 0 N–H and O–H groups in total. The molecule has 4 nitrogen and oxygen atoms in total. The van der Waals surface area contributed by atoms with Crippen LogP contribution < -0.4 is 0 Å². The molecule has 23 heavy (non-hydrogen) atoms. The van der Waals surface area contributed by atoms with Gasteiger partial charge in [0.05, 0.1) is 6.04 Å². The topological polar surface area (TPSA) is 38.8 Å². The van der Waals surface area contributed by atoms with E-state index >= 15 is 0 Å². The molecule has 2 unspecified atom stereocenters. The quantitative estimate of drug-likeness (QED) is 0.590. The first-order chi connectivity index (χ1) is 11.3. The zero-order chi connectivity index (χ0) is 16.1. The summed E-state index contributed by atoms with van der Waals surface area (Å²) in [7, 11) is 1.74. The highest BCUT2D eigenvalue weighted by Gasteiger charge is 2.40. The minimum atomic E-state index is -0.173. The fourth-order valence-electron chi connectivity index (χ4n) is 3.63. The Morgan fingerprint density at radius 2 is 2.09 bits per heavy atom. The van der Waals surface area contributed by atoms with Crippen LogP contribution in [0, 0.1) is 0 Å². The van der Waals surface area contributed by atoms with Crippen molar-refractivity contribution in [3.63, 3.8) is 0 Å². The summed E-state index contributed by atoms with van der Waals surface area (Å²) in [6.45, 7) is 1.15. The average molecular weight is 315 g/mol. The van der Waals surface area contributed by atoms with Crippen molar-refractivity contribution in [3.05, 3.63) is 47.5 Å². The summed E-state index contributed by atoms with van der Waals surface area (Å²) in [4.78, 5) is 14.4. The standard InChI is InChI=1S/C19H25NO3/c1-22-11-5-8-16-12-17-9-10-18(13-16)20(17)19(21)23-14-15-6-3-2-4-7-15/h2-4,6-7,12,17-18H,5,8-11,13-14H2,1H3. The van der Waals surface area contributed by atoms with Crippen molar-refractivity contribution in [1.29, 1.82) is 0 Å². The van der Waals surface area contributed by atoms with E-state index in [1.54, 1.807) is 7.11 Å². The highest BCUT2D eigenvalue weighted by molar-refractivity contribution is 5.70. The summed E-state index contributed by atoms with van der Waals surface area (Å²) >= 11 is 0. The molecule has 1 fully saturated rings. The maximum Gasteiger partial charge on any atom is 0.410 e. The number of hydrogen-bond acceptors (Lipinski definition) is 3. The molecule has 3 rings (SSSR count). The van der Waals surface area contributed by atoms with Gasteiger partial charge in [0.15, 0.2) is 0 Å². The number of hydrogen-bond donors (Lipinski definition) is 0. The largest absolute Gasteiger partial charge is 0.445 e. The molecule has 0 radical (unpaired) electrons. The third-order valence-corrected chi connectivity index (χ3v) is 4.73. The van der Waals surface area contributed by atoms with Crippen molar-refractivity contribution < 1.29 is 14.3 Å². The van der Waals surface area contributed by atoms with E-state index in [-0.39, 0.29) is 12.1 Å². The number of nitrogens with zero attached hydrogens (tertiary/aromatic N) is 1. The van der Waals surface area contributed by atoms with Crippen LogP contribution in [0.2, 0.25) is 0 Å². The second-order valence-corrected chi connectivity index (χ2v) is 6.37. The van der Waals surface area contributed by atoms with Crippen molar-refractivity contribution in [2.45, 2.75) is 50.8 Å². The molecule has 0 aromatic heterocycles. The first kappa shape index (κ1) is 16.1. The van der Waals surface area contributed by atoms with E-state index in [9.17, 15) is 4.79 Å². The summed E-state index contributed by atoms with van der Waals surface area (Å²) in [6, 6.07) is 10.4. The van der Waals surface area contributed by atoms with Gasteiger partial charge in [0.2, 0.25) is 0 Å². The van der Waals surface area contributed by atoms with Crippen LogP contribution in [0.1, 0.15) is 37.7 Å². The third-order valence-electron chi connectivity index (χ3n) is 4.73. The molecule has 2 aliphatic rings. The lowest BCUT2D eigenvalue weighted by atomic mass is 9.98. The Labute approximate surface area is 138 Å². The van der Waals surface area contributed by atoms with Crippen LogP contribution in [0.4, 0.5) is 4.79 Å². The number of methoxy groups -OCH3 is 1. The molecule has 1 saturated heterocycles. The van der Waals surface area contributed by atoms with E-state index in [0.29, 0.717) is 12.6 Å². The van der Waals surface area contributed by atoms with Gasteiger partial charge in [-0.05, 0) is 37.7 Å². The number of carbonyl (C=O) groups is 1. The number of rotatable bonds is 6. The van der Waals surface area contributed by atoms with Crippen LogP contribution in [0.3, 0.4) is 0 Å². The molecule has 4 heteroatoms. The van der Waals surface area contributed by atoms with Gasteiger partial charge in [-0.15, -0.1) is 0 Å². The molecule has 1 amide bonds. The van der Waals surface area contributed by atoms with Crippen LogP contribution in [-0.2, 0) is 16.1 Å². The molecule has 0 saturated carbocycles. The molecular weight excluding hydrogens is 290 g/mol. The van der Waals surface area contributed by atoms with Crippen LogP contribution in [0.15, 0.2) is 42.0 Å². The van der Waals surface area contributed by atoms with E-state index < -0.39 is 0 Å². The molecule has 2 heterocycles. The Hall–Kier alpha value is -1.81. The van der Waals surface area contributed by atoms with Crippen LogP contribution in [-0.4, -0.2) is 36.8 Å². The summed E-state index contributed by atoms with van der Waals surface area (Å²) < 4.78 is 10.6. The number of benzene rings is 1. The number of amides is 1. The normalized spacial score (nSPS) is 22.8. The lowest BCUT2D eigenvalue weighted by molar-refractivity contribution is 0.0813. The summed E-state index contributed by atoms with van der Waals surface area (Å²) in [5.74, 6) is 0. The van der Waals surface area contributed by atoms with Gasteiger partial charge in [0.1, 0.15) is 6.61 Å². The smallest absolute Gasteiger partial charge is 0.410 e. The van der Waals surface area contributed by atoms with Crippen molar-refractivity contribution >= 4 is 6.09 Å². The molecule has 0 aliphatic carbocycles. The van der Waals surface area contributed by atoms with Gasteiger partial charge < -0.3 is 9.47 Å². The lowest BCUT2D eigenvalue weighted by Crippen LogP contribution is -2.43. The van der Waals surface area contributed by atoms with Crippen LogP contribution >= 0.6 is 0 Å². The van der Waals surface area contributed by atoms with Gasteiger partial charge in [0, 0.05) is 19.8 Å². The summed E-state index contributed by atoms with van der Waals surface area (Å²) in [5, 5.41) is 0. The van der Waals surface area contributed by atoms with Crippen molar-refractivity contribution in [2.24, 2.45) is 0 Å². The van der Waals surface area contributed by atoms with E-state index in [4.69, 9.17) is 9.47 Å². The molecule has 1 aromatic rings. The molecule has 2 atom stereocenters. The highest BCUT2D eigenvalue weighted by atomic mass is 16.6. The van der Waals surface area contributed by atoms with E-state index in [1.165, 1.54) is 5.57 Å². The Kier molecular flexibility index (Phi) is 5.34. The Balaban J connectivity index is 1.55. The van der Waals surface area contributed by atoms with Gasteiger partial charge in [-0.1, -0.05) is 42.0 Å². The maximum atomic E-state index is 12.5. The lowest BCUT2D eigenvalue weighted by Gasteiger charge is -2.33. The maximum absolute atomic E-state index is 12.5. The summed E-state index contributed by atoms with van der Waals surface area (Å²) in [6.07, 6.45) is 7.36. The molecule has 124 valence electrons. The first-order valence-corrected chi connectivity index (χ1v) is 8.45. The zero-order valence-corrected chi connectivity index (χ0v) is 13.7. The first-order valence-electron chi connectivity index (χ1n) is 8.45. The average Bonchev–Trinajstić information content (AvgIpc) is 2.85. The molecule has 2 bridgehead atoms. The predicted molar refractivity (Wildman–Crippen MR) is 89.1 cm³/mol. The summed E-state index contributed by atoms with van der Waals surface area (Å²) in [5.41, 5.74) is 2.50. The second-order valence-electron chi connectivity index (χ2n) is 6.37. The van der Waals surface area contributed by atoms with Crippen LogP contribution in [0.25, 0.3) is 0 Å². The van der Waals surface area contributed by atoms with Crippen molar-refractivity contribution in [2.75, 3.05) is 13.7 Å². The van der Waals surface area contributed by atoms with Gasteiger partial charge in [0.25, 0.3) is 0 Å². The zero-order valence-electron chi connectivity index (χ0n) is 13.7. The van der Waals surface area contributed by atoms with E-state index in [0.717, 1.165) is 44.3 Å². The second kappa shape index (κ2) is 7.64. The van der Waals surface area contributed by atoms with Crippen molar-refractivity contribution in [3.8, 4) is 0 Å². The van der Waals surface area contributed by atoms with Crippen molar-refractivity contribution in [1.82, 2.24) is 4.90 Å². The van der Waals surface area contributed by atoms with Gasteiger partial charge in [-0.25, -0.2) is 4.79 Å². The third kappa shape index (κ3) is 3.94. The van der Waals surface area contributed by atoms with Gasteiger partial charge in [-0.3, -0.25) is 4.90 Å². The monoisotopic (exact) mass is 315 g/mol. The highest BCUT2D eigenvalue weighted by Crippen LogP contribution is 2.36. The minimum absolute atomic E-state index is 0.173. The number of ether oxygens (including phenoxy) is 2. The molecule has 1 aromatic carbocycles. The fourth-order valence-corrected chi connectivity index (χ4v) is 3.63. The number of fused-ring (bicyclic) bond motifs is 2. The molecular formula is C19H25NO3. The Morgan fingerprint density at radius 3 is 2.83 bits per heavy atom. The van der Waals surface area contributed by atoms with Gasteiger partial charge >= 0.3 is 6.09 Å². The Morgan fingerprint density at radius 1 is 1.26 bits per heavy atom. The van der Waals surface area contributed by atoms with E-state index in [2.05, 4.69) is 6.08 Å². The number of carbonyl (C=O) groups excluding carboxylic acids is 1. The SMILES string of the molecule is COCCCC1=CC2CCC(C1)N2C(=O)OCc1ccccc1. The van der Waals surface area contributed by atoms with Crippen LogP contribution in [0.5, 0.6) is 0 Å². The van der Waals surface area contributed by atoms with E-state index in [1.807, 2.05) is 35.2 Å². The fraction of sp³-hybridized carbons (Fsp3) is 0.526. The molecule has 2 aliphatic heterocycles. The van der Waals surface area contributed by atoms with Gasteiger partial charge in [-0.2, -0.15) is 0 Å². The predicted octanol–water partition coefficient (Wildman–Crippen LogP) is 3.91.